The van der Waals surface area contributed by atoms with Gasteiger partial charge in [-0.25, -0.2) is 0 Å². The van der Waals surface area contributed by atoms with Gasteiger partial charge in [0.15, 0.2) is 0 Å². The van der Waals surface area contributed by atoms with Crippen LogP contribution in [-0.2, 0) is 6.42 Å². The number of rotatable bonds is 7. The molecule has 0 aliphatic rings. The number of hydrogen-bond donors (Lipinski definition) is 1. The van der Waals surface area contributed by atoms with Gasteiger partial charge in [0.2, 0.25) is 0 Å². The maximum Gasteiger partial charge on any atom is 0.251 e. The molecule has 0 saturated carbocycles. The molecular formula is C24H28N2O2. The molecule has 0 aliphatic carbocycles. The highest BCUT2D eigenvalue weighted by atomic mass is 16.5. The van der Waals surface area contributed by atoms with E-state index in [-0.39, 0.29) is 6.04 Å². The highest BCUT2D eigenvalue weighted by molar-refractivity contribution is 6.02. The second kappa shape index (κ2) is 8.34. The third kappa shape index (κ3) is 3.81. The summed E-state index contributed by atoms with van der Waals surface area (Å²) in [5.41, 5.74) is 10.4. The summed E-state index contributed by atoms with van der Waals surface area (Å²) >= 11 is 0. The summed E-state index contributed by atoms with van der Waals surface area (Å²) in [6.45, 7) is 8.40. The van der Waals surface area contributed by atoms with Crippen molar-refractivity contribution in [3.63, 3.8) is 0 Å². The van der Waals surface area contributed by atoms with Crippen LogP contribution in [-0.4, -0.2) is 10.5 Å². The molecule has 0 aliphatic heterocycles. The Morgan fingerprint density at radius 3 is 2.36 bits per heavy atom. The molecular weight excluding hydrogens is 348 g/mol. The summed E-state index contributed by atoms with van der Waals surface area (Å²) < 4.78 is 8.24. The molecule has 0 spiro atoms. The first-order chi connectivity index (χ1) is 13.4. The van der Waals surface area contributed by atoms with Crippen molar-refractivity contribution in [2.24, 2.45) is 5.73 Å². The standard InChI is InChI=1S/C24H28N2O2/c1-5-10-21-23(22(24(25)27)17(4)26(21)16(2)3)18-11-9-14-20(15-18)28-19-12-7-6-8-13-19/h6-9,11-16H,5,10H2,1-4H3,(H2,25,27). The highest BCUT2D eigenvalue weighted by Gasteiger charge is 2.25. The van der Waals surface area contributed by atoms with E-state index in [9.17, 15) is 4.79 Å². The van der Waals surface area contributed by atoms with Crippen molar-refractivity contribution in [3.05, 3.63) is 71.5 Å². The number of primary amides is 1. The fraction of sp³-hybridized carbons (Fsp3) is 0.292. The zero-order valence-corrected chi connectivity index (χ0v) is 17.0. The van der Waals surface area contributed by atoms with Gasteiger partial charge in [0.25, 0.3) is 5.91 Å². The van der Waals surface area contributed by atoms with Crippen LogP contribution in [0.4, 0.5) is 0 Å². The molecule has 0 radical (unpaired) electrons. The SMILES string of the molecule is CCCc1c(-c2cccc(Oc3ccccc3)c2)c(C(N)=O)c(C)n1C(C)C. The Morgan fingerprint density at radius 2 is 1.75 bits per heavy atom. The molecule has 1 aromatic heterocycles. The van der Waals surface area contributed by atoms with Crippen molar-refractivity contribution in [1.82, 2.24) is 4.57 Å². The molecule has 1 heterocycles. The fourth-order valence-electron chi connectivity index (χ4n) is 3.90. The fourth-order valence-corrected chi connectivity index (χ4v) is 3.90. The van der Waals surface area contributed by atoms with Crippen molar-refractivity contribution < 1.29 is 9.53 Å². The van der Waals surface area contributed by atoms with Gasteiger partial charge in [-0.15, -0.1) is 0 Å². The van der Waals surface area contributed by atoms with Gasteiger partial charge in [-0.05, 0) is 57.0 Å². The molecule has 2 N–H and O–H groups in total. The largest absolute Gasteiger partial charge is 0.457 e. The quantitative estimate of drug-likeness (QED) is 0.559. The monoisotopic (exact) mass is 376 g/mol. The number of carbonyl (C=O) groups excluding carboxylic acids is 1. The van der Waals surface area contributed by atoms with Crippen LogP contribution >= 0.6 is 0 Å². The lowest BCUT2D eigenvalue weighted by molar-refractivity contribution is 0.1000. The van der Waals surface area contributed by atoms with Crippen LogP contribution in [0.25, 0.3) is 11.1 Å². The van der Waals surface area contributed by atoms with Crippen molar-refractivity contribution >= 4 is 5.91 Å². The Morgan fingerprint density at radius 1 is 1.07 bits per heavy atom. The number of nitrogens with two attached hydrogens (primary N) is 1. The molecule has 0 unspecified atom stereocenters. The van der Waals surface area contributed by atoms with E-state index in [4.69, 9.17) is 10.5 Å². The predicted octanol–water partition coefficient (Wildman–Crippen LogP) is 5.89. The van der Waals surface area contributed by atoms with E-state index in [0.717, 1.165) is 46.9 Å². The van der Waals surface area contributed by atoms with Crippen molar-refractivity contribution in [3.8, 4) is 22.6 Å². The topological polar surface area (TPSA) is 57.2 Å². The molecule has 3 rings (SSSR count). The molecule has 0 atom stereocenters. The molecule has 1 amide bonds. The summed E-state index contributed by atoms with van der Waals surface area (Å²) in [6, 6.07) is 17.8. The van der Waals surface area contributed by atoms with Crippen molar-refractivity contribution in [2.45, 2.75) is 46.6 Å². The Kier molecular flexibility index (Phi) is 5.88. The smallest absolute Gasteiger partial charge is 0.251 e. The van der Waals surface area contributed by atoms with Gasteiger partial charge < -0.3 is 15.0 Å². The third-order valence-corrected chi connectivity index (χ3v) is 4.90. The lowest BCUT2D eigenvalue weighted by atomic mass is 9.98. The predicted molar refractivity (Wildman–Crippen MR) is 114 cm³/mol. The Bertz CT molecular complexity index is 972. The molecule has 2 aromatic carbocycles. The first kappa shape index (κ1) is 19.7. The van der Waals surface area contributed by atoms with E-state index >= 15 is 0 Å². The highest BCUT2D eigenvalue weighted by Crippen LogP contribution is 2.37. The molecule has 4 heteroatoms. The summed E-state index contributed by atoms with van der Waals surface area (Å²) in [6.07, 6.45) is 1.87. The number of amides is 1. The summed E-state index contributed by atoms with van der Waals surface area (Å²) in [7, 11) is 0. The van der Waals surface area contributed by atoms with E-state index in [1.165, 1.54) is 0 Å². The van der Waals surface area contributed by atoms with Gasteiger partial charge in [-0.2, -0.15) is 0 Å². The number of ether oxygens (including phenoxy) is 1. The van der Waals surface area contributed by atoms with Crippen LogP contribution in [0.5, 0.6) is 11.5 Å². The number of para-hydroxylation sites is 1. The summed E-state index contributed by atoms with van der Waals surface area (Å²) in [4.78, 5) is 12.4. The third-order valence-electron chi connectivity index (χ3n) is 4.90. The van der Waals surface area contributed by atoms with Gasteiger partial charge in [0.05, 0.1) is 5.56 Å². The first-order valence-electron chi connectivity index (χ1n) is 9.80. The maximum atomic E-state index is 12.4. The normalized spacial score (nSPS) is 11.0. The van der Waals surface area contributed by atoms with E-state index < -0.39 is 5.91 Å². The number of carbonyl (C=O) groups is 1. The molecule has 28 heavy (non-hydrogen) atoms. The first-order valence-corrected chi connectivity index (χ1v) is 9.80. The van der Waals surface area contributed by atoms with Crippen LogP contribution in [0.1, 0.15) is 55.0 Å². The van der Waals surface area contributed by atoms with Gasteiger partial charge in [-0.3, -0.25) is 4.79 Å². The Labute approximate surface area is 166 Å². The molecule has 0 fully saturated rings. The zero-order valence-electron chi connectivity index (χ0n) is 17.0. The van der Waals surface area contributed by atoms with E-state index in [1.807, 2.05) is 61.5 Å². The van der Waals surface area contributed by atoms with Gasteiger partial charge in [0, 0.05) is 23.0 Å². The number of aromatic nitrogens is 1. The summed E-state index contributed by atoms with van der Waals surface area (Å²) in [5.74, 6) is 1.12. The van der Waals surface area contributed by atoms with Crippen molar-refractivity contribution in [1.29, 1.82) is 0 Å². The Hall–Kier alpha value is -3.01. The van der Waals surface area contributed by atoms with Crippen LogP contribution < -0.4 is 10.5 Å². The number of nitrogens with zero attached hydrogens (tertiary/aromatic N) is 1. The molecule has 146 valence electrons. The molecule has 0 saturated heterocycles. The van der Waals surface area contributed by atoms with E-state index in [1.54, 1.807) is 0 Å². The molecule has 0 bridgehead atoms. The average Bonchev–Trinajstić information content (AvgIpc) is 2.95. The van der Waals surface area contributed by atoms with Crippen LogP contribution in [0.3, 0.4) is 0 Å². The lowest BCUT2D eigenvalue weighted by Gasteiger charge is -2.16. The van der Waals surface area contributed by atoms with Crippen LogP contribution in [0, 0.1) is 6.92 Å². The van der Waals surface area contributed by atoms with Gasteiger partial charge in [0.1, 0.15) is 11.5 Å². The van der Waals surface area contributed by atoms with E-state index in [0.29, 0.717) is 5.56 Å². The average molecular weight is 377 g/mol. The number of benzene rings is 2. The second-order valence-electron chi connectivity index (χ2n) is 7.30. The minimum absolute atomic E-state index is 0.247. The van der Waals surface area contributed by atoms with E-state index in [2.05, 4.69) is 25.3 Å². The minimum atomic E-state index is -0.390. The van der Waals surface area contributed by atoms with Crippen LogP contribution in [0.2, 0.25) is 0 Å². The second-order valence-corrected chi connectivity index (χ2v) is 7.30. The molecule has 3 aromatic rings. The maximum absolute atomic E-state index is 12.4. The number of hydrogen-bond acceptors (Lipinski definition) is 2. The lowest BCUT2D eigenvalue weighted by Crippen LogP contribution is -2.14. The van der Waals surface area contributed by atoms with Gasteiger partial charge >= 0.3 is 0 Å². The molecule has 4 nitrogen and oxygen atoms in total. The van der Waals surface area contributed by atoms with Crippen molar-refractivity contribution in [2.75, 3.05) is 0 Å². The van der Waals surface area contributed by atoms with Gasteiger partial charge in [-0.1, -0.05) is 43.7 Å². The zero-order chi connectivity index (χ0) is 20.3. The minimum Gasteiger partial charge on any atom is -0.457 e. The summed E-state index contributed by atoms with van der Waals surface area (Å²) in [5, 5.41) is 0. The van der Waals surface area contributed by atoms with Crippen LogP contribution in [0.15, 0.2) is 54.6 Å². The Balaban J connectivity index is 2.16.